The fourth-order valence-electron chi connectivity index (χ4n) is 1.46. The number of rotatable bonds is 5. The lowest BCUT2D eigenvalue weighted by Gasteiger charge is -2.24. The molecule has 17 heavy (non-hydrogen) atoms. The second-order valence-corrected chi connectivity index (χ2v) is 6.49. The van der Waals surface area contributed by atoms with Crippen LogP contribution in [0.5, 0.6) is 0 Å². The molecule has 98 valence electrons. The van der Waals surface area contributed by atoms with Crippen LogP contribution in [0.3, 0.4) is 0 Å². The molecule has 1 saturated heterocycles. The Kier molecular flexibility index (Phi) is 4.47. The van der Waals surface area contributed by atoms with Crippen molar-refractivity contribution < 1.29 is 27.9 Å². The van der Waals surface area contributed by atoms with Gasteiger partial charge in [-0.2, -0.15) is 0 Å². The minimum Gasteiger partial charge on any atom is -0.392 e. The average Bonchev–Trinajstić information content (AvgIpc) is 2.42. The van der Waals surface area contributed by atoms with Gasteiger partial charge in [-0.1, -0.05) is 0 Å². The Balaban J connectivity index is 2.93. The summed E-state index contributed by atoms with van der Waals surface area (Å²) < 4.78 is 27.3. The van der Waals surface area contributed by atoms with Crippen molar-refractivity contribution >= 4 is 19.5 Å². The van der Waals surface area contributed by atoms with Gasteiger partial charge in [0, 0.05) is 0 Å². The molecule has 1 heterocycles. The summed E-state index contributed by atoms with van der Waals surface area (Å²) in [5.74, 6) is -1.53. The van der Waals surface area contributed by atoms with Crippen LogP contribution in [0.25, 0.3) is 0 Å². The van der Waals surface area contributed by atoms with E-state index in [2.05, 4.69) is 4.74 Å². The van der Waals surface area contributed by atoms with Crippen LogP contribution < -0.4 is 0 Å². The molecule has 0 aromatic heterocycles. The minimum absolute atomic E-state index is 0.254. The summed E-state index contributed by atoms with van der Waals surface area (Å²) in [6.07, 6.45) is -0.999. The predicted octanol–water partition coefficient (Wildman–Crippen LogP) is 1.87. The number of cyclic esters (lactones) is 2. The highest BCUT2D eigenvalue weighted by molar-refractivity contribution is 7.55. The molecule has 6 nitrogen and oxygen atoms in total. The molecular weight excluding hydrogens is 247 g/mol. The van der Waals surface area contributed by atoms with E-state index in [1.165, 1.54) is 0 Å². The van der Waals surface area contributed by atoms with Gasteiger partial charge in [0.2, 0.25) is 0 Å². The molecule has 0 radical (unpaired) electrons. The van der Waals surface area contributed by atoms with Crippen molar-refractivity contribution in [1.82, 2.24) is 0 Å². The van der Waals surface area contributed by atoms with E-state index in [9.17, 15) is 14.2 Å². The molecule has 0 saturated carbocycles. The summed E-state index contributed by atoms with van der Waals surface area (Å²) in [7, 11) is -3.67. The van der Waals surface area contributed by atoms with E-state index in [4.69, 9.17) is 9.05 Å². The van der Waals surface area contributed by atoms with Gasteiger partial charge >= 0.3 is 19.5 Å². The minimum atomic E-state index is -3.67. The number of hydrogen-bond acceptors (Lipinski definition) is 6. The zero-order chi connectivity index (χ0) is 13.2. The first-order valence-corrected chi connectivity index (χ1v) is 7.07. The molecule has 0 aromatic rings. The third-order valence-electron chi connectivity index (χ3n) is 1.94. The lowest BCUT2D eigenvalue weighted by atomic mass is 10.4. The summed E-state index contributed by atoms with van der Waals surface area (Å²) in [5.41, 5.74) is -1.14. The van der Waals surface area contributed by atoms with Gasteiger partial charge in [-0.3, -0.25) is 14.2 Å². The average molecular weight is 264 g/mol. The number of carbonyl (C=O) groups is 2. The van der Waals surface area contributed by atoms with Crippen LogP contribution in [-0.2, 0) is 27.9 Å². The second kappa shape index (κ2) is 5.29. The largest absolute Gasteiger partial charge is 0.392 e. The Morgan fingerprint density at radius 2 is 1.65 bits per heavy atom. The van der Waals surface area contributed by atoms with Gasteiger partial charge in [-0.15, -0.1) is 0 Å². The van der Waals surface area contributed by atoms with Gasteiger partial charge in [0.25, 0.3) is 0 Å². The van der Waals surface area contributed by atoms with Crippen LogP contribution in [0.15, 0.2) is 0 Å². The SMILES string of the molecule is CC(C)OP(=O)(OC(C)C)C1CC(=O)OC1=O. The molecule has 1 atom stereocenters. The van der Waals surface area contributed by atoms with Gasteiger partial charge in [0.05, 0.1) is 18.6 Å². The van der Waals surface area contributed by atoms with E-state index < -0.39 is 25.2 Å². The molecule has 1 fully saturated rings. The maximum absolute atomic E-state index is 12.5. The van der Waals surface area contributed by atoms with Gasteiger partial charge in [0.1, 0.15) is 0 Å². The normalized spacial score (nSPS) is 21.4. The maximum Gasteiger partial charge on any atom is 0.346 e. The lowest BCUT2D eigenvalue weighted by Crippen LogP contribution is -2.22. The molecule has 0 aromatic carbocycles. The van der Waals surface area contributed by atoms with E-state index in [1.807, 2.05) is 0 Å². The zero-order valence-electron chi connectivity index (χ0n) is 10.3. The van der Waals surface area contributed by atoms with E-state index in [1.54, 1.807) is 27.7 Å². The molecule has 0 bridgehead atoms. The van der Waals surface area contributed by atoms with Crippen LogP contribution in [-0.4, -0.2) is 29.8 Å². The van der Waals surface area contributed by atoms with Crippen LogP contribution in [0.1, 0.15) is 34.1 Å². The lowest BCUT2D eigenvalue weighted by molar-refractivity contribution is -0.151. The number of ether oxygens (including phenoxy) is 1. The fourth-order valence-corrected chi connectivity index (χ4v) is 3.67. The van der Waals surface area contributed by atoms with Crippen LogP contribution in [0.4, 0.5) is 0 Å². The first kappa shape index (κ1) is 14.4. The fraction of sp³-hybridized carbons (Fsp3) is 0.800. The molecule has 7 heteroatoms. The number of esters is 2. The molecule has 1 aliphatic heterocycles. The van der Waals surface area contributed by atoms with Crippen molar-refractivity contribution in [2.24, 2.45) is 0 Å². The van der Waals surface area contributed by atoms with Crippen molar-refractivity contribution in [3.05, 3.63) is 0 Å². The standard InChI is InChI=1S/C10H17O6P/c1-6(2)15-17(13,16-7(3)4)8-5-9(11)14-10(8)12/h6-8H,5H2,1-4H3. The Hall–Kier alpha value is -0.710. The van der Waals surface area contributed by atoms with Gasteiger partial charge in [-0.05, 0) is 27.7 Å². The maximum atomic E-state index is 12.5. The third kappa shape index (κ3) is 3.63. The van der Waals surface area contributed by atoms with Crippen molar-refractivity contribution in [2.75, 3.05) is 0 Å². The molecule has 0 amide bonds. The topological polar surface area (TPSA) is 78.9 Å². The summed E-state index contributed by atoms with van der Waals surface area (Å²) in [4.78, 5) is 22.4. The highest BCUT2D eigenvalue weighted by atomic mass is 31.2. The van der Waals surface area contributed by atoms with Gasteiger partial charge in [-0.25, -0.2) is 0 Å². The monoisotopic (exact) mass is 264 g/mol. The first-order chi connectivity index (χ1) is 7.74. The highest BCUT2D eigenvalue weighted by Crippen LogP contribution is 2.57. The van der Waals surface area contributed by atoms with Crippen LogP contribution in [0.2, 0.25) is 0 Å². The molecule has 1 rings (SSSR count). The Morgan fingerprint density at radius 1 is 1.18 bits per heavy atom. The van der Waals surface area contributed by atoms with Gasteiger partial charge in [0.15, 0.2) is 5.66 Å². The summed E-state index contributed by atoms with van der Waals surface area (Å²) in [6, 6.07) is 0. The smallest absolute Gasteiger partial charge is 0.346 e. The zero-order valence-corrected chi connectivity index (χ0v) is 11.2. The quantitative estimate of drug-likeness (QED) is 0.428. The van der Waals surface area contributed by atoms with Crippen LogP contribution in [0, 0.1) is 0 Å². The third-order valence-corrected chi connectivity index (χ3v) is 4.53. The van der Waals surface area contributed by atoms with E-state index in [-0.39, 0.29) is 18.6 Å². The van der Waals surface area contributed by atoms with Crippen molar-refractivity contribution in [1.29, 1.82) is 0 Å². The number of hydrogen-bond donors (Lipinski definition) is 0. The molecule has 0 N–H and O–H groups in total. The van der Waals surface area contributed by atoms with E-state index in [0.717, 1.165) is 0 Å². The van der Waals surface area contributed by atoms with Crippen LogP contribution >= 0.6 is 7.60 Å². The summed E-state index contributed by atoms with van der Waals surface area (Å²) >= 11 is 0. The van der Waals surface area contributed by atoms with Crippen molar-refractivity contribution in [3.63, 3.8) is 0 Å². The van der Waals surface area contributed by atoms with Gasteiger partial charge < -0.3 is 13.8 Å². The predicted molar refractivity (Wildman–Crippen MR) is 59.6 cm³/mol. The second-order valence-electron chi connectivity index (χ2n) is 4.36. The Labute approximate surface area is 100 Å². The van der Waals surface area contributed by atoms with Crippen molar-refractivity contribution in [3.8, 4) is 0 Å². The summed E-state index contributed by atoms with van der Waals surface area (Å²) in [6.45, 7) is 6.72. The molecule has 1 aliphatic rings. The Bertz CT molecular complexity index is 348. The molecule has 0 spiro atoms. The molecule has 1 unspecified atom stereocenters. The number of carbonyl (C=O) groups excluding carboxylic acids is 2. The first-order valence-electron chi connectivity index (χ1n) is 5.45. The summed E-state index contributed by atoms with van der Waals surface area (Å²) in [5, 5.41) is 0. The highest BCUT2D eigenvalue weighted by Gasteiger charge is 2.50. The van der Waals surface area contributed by atoms with E-state index >= 15 is 0 Å². The van der Waals surface area contributed by atoms with Crippen molar-refractivity contribution in [2.45, 2.75) is 52.0 Å². The van der Waals surface area contributed by atoms with E-state index in [0.29, 0.717) is 0 Å². The Morgan fingerprint density at radius 3 is 1.94 bits per heavy atom. The molecular formula is C10H17O6P. The molecule has 0 aliphatic carbocycles.